The quantitative estimate of drug-likeness (QED) is 0.917. The van der Waals surface area contributed by atoms with Gasteiger partial charge in [-0.3, -0.25) is 0 Å². The molecule has 0 radical (unpaired) electrons. The number of aryl methyl sites for hydroxylation is 2. The Labute approximate surface area is 108 Å². The van der Waals surface area contributed by atoms with Gasteiger partial charge < -0.3 is 5.32 Å². The molecule has 0 saturated heterocycles. The summed E-state index contributed by atoms with van der Waals surface area (Å²) in [5.41, 5.74) is 1.30. The van der Waals surface area contributed by atoms with Crippen LogP contribution in [0.3, 0.4) is 0 Å². The van der Waals surface area contributed by atoms with Crippen LogP contribution in [0.15, 0.2) is 6.07 Å². The van der Waals surface area contributed by atoms with E-state index in [2.05, 4.69) is 40.9 Å². The molecule has 2 aromatic rings. The second-order valence-electron chi connectivity index (χ2n) is 3.64. The standard InChI is InChI=1S/C10H12ClN3S2/c1-5-4-8(7(3)15-5)6(2)12-10-9(11)13-16-14-10/h4,6H,1-3H3,(H,12,14). The largest absolute Gasteiger partial charge is 0.360 e. The molecular formula is C10H12ClN3S2. The van der Waals surface area contributed by atoms with Gasteiger partial charge in [-0.15, -0.1) is 11.3 Å². The van der Waals surface area contributed by atoms with Crippen molar-refractivity contribution in [1.29, 1.82) is 0 Å². The van der Waals surface area contributed by atoms with E-state index < -0.39 is 0 Å². The van der Waals surface area contributed by atoms with Crippen molar-refractivity contribution in [1.82, 2.24) is 8.75 Å². The first kappa shape index (κ1) is 11.8. The SMILES string of the molecule is Cc1cc(C(C)Nc2nsnc2Cl)c(C)s1. The molecule has 0 aliphatic heterocycles. The average Bonchev–Trinajstić information content (AvgIpc) is 2.74. The molecule has 0 aliphatic rings. The van der Waals surface area contributed by atoms with Gasteiger partial charge in [0.05, 0.1) is 17.8 Å². The van der Waals surface area contributed by atoms with Crippen molar-refractivity contribution < 1.29 is 0 Å². The smallest absolute Gasteiger partial charge is 0.186 e. The zero-order valence-corrected chi connectivity index (χ0v) is 11.6. The number of anilines is 1. The molecule has 1 N–H and O–H groups in total. The number of hydrogen-bond acceptors (Lipinski definition) is 5. The number of thiophene rings is 1. The third-order valence-corrected chi connectivity index (χ3v) is 4.22. The van der Waals surface area contributed by atoms with Crippen LogP contribution in [-0.4, -0.2) is 8.75 Å². The Hall–Kier alpha value is -0.650. The molecule has 86 valence electrons. The molecular weight excluding hydrogens is 262 g/mol. The zero-order valence-electron chi connectivity index (χ0n) is 9.24. The number of nitrogens with zero attached hydrogens (tertiary/aromatic N) is 2. The van der Waals surface area contributed by atoms with E-state index in [0.29, 0.717) is 11.0 Å². The van der Waals surface area contributed by atoms with Crippen LogP contribution in [0.2, 0.25) is 5.15 Å². The summed E-state index contributed by atoms with van der Waals surface area (Å²) < 4.78 is 8.04. The normalized spacial score (nSPS) is 12.8. The van der Waals surface area contributed by atoms with Gasteiger partial charge >= 0.3 is 0 Å². The van der Waals surface area contributed by atoms with Crippen molar-refractivity contribution in [2.24, 2.45) is 0 Å². The van der Waals surface area contributed by atoms with Crippen molar-refractivity contribution in [3.63, 3.8) is 0 Å². The Morgan fingerprint density at radius 2 is 2.12 bits per heavy atom. The van der Waals surface area contributed by atoms with E-state index in [1.165, 1.54) is 15.3 Å². The summed E-state index contributed by atoms with van der Waals surface area (Å²) in [5, 5.41) is 3.72. The lowest BCUT2D eigenvalue weighted by molar-refractivity contribution is 0.876. The number of nitrogens with one attached hydrogen (secondary N) is 1. The van der Waals surface area contributed by atoms with Crippen LogP contribution in [0.4, 0.5) is 5.82 Å². The Morgan fingerprint density at radius 1 is 1.38 bits per heavy atom. The van der Waals surface area contributed by atoms with Crippen LogP contribution in [-0.2, 0) is 0 Å². The van der Waals surface area contributed by atoms with E-state index in [9.17, 15) is 0 Å². The lowest BCUT2D eigenvalue weighted by atomic mass is 10.1. The summed E-state index contributed by atoms with van der Waals surface area (Å²) in [6.07, 6.45) is 0. The highest BCUT2D eigenvalue weighted by atomic mass is 35.5. The number of hydrogen-bond donors (Lipinski definition) is 1. The number of rotatable bonds is 3. The molecule has 1 unspecified atom stereocenters. The molecule has 2 heterocycles. The van der Waals surface area contributed by atoms with Gasteiger partial charge in [-0.05, 0) is 32.4 Å². The van der Waals surface area contributed by atoms with Gasteiger partial charge in [0.25, 0.3) is 0 Å². The van der Waals surface area contributed by atoms with Crippen LogP contribution in [0.25, 0.3) is 0 Å². The predicted octanol–water partition coefficient (Wildman–Crippen LogP) is 4.04. The lowest BCUT2D eigenvalue weighted by Crippen LogP contribution is -2.07. The fraction of sp³-hybridized carbons (Fsp3) is 0.400. The summed E-state index contributed by atoms with van der Waals surface area (Å²) >= 11 is 8.82. The average molecular weight is 274 g/mol. The van der Waals surface area contributed by atoms with Crippen molar-refractivity contribution >= 4 is 40.5 Å². The lowest BCUT2D eigenvalue weighted by Gasteiger charge is -2.12. The summed E-state index contributed by atoms with van der Waals surface area (Å²) in [5.74, 6) is 0.669. The Kier molecular flexibility index (Phi) is 3.47. The molecule has 0 aromatic carbocycles. The van der Waals surface area contributed by atoms with Crippen LogP contribution >= 0.6 is 34.7 Å². The topological polar surface area (TPSA) is 37.8 Å². The Balaban J connectivity index is 2.17. The maximum Gasteiger partial charge on any atom is 0.186 e. The summed E-state index contributed by atoms with van der Waals surface area (Å²) in [4.78, 5) is 2.65. The second kappa shape index (κ2) is 4.69. The Morgan fingerprint density at radius 3 is 2.62 bits per heavy atom. The van der Waals surface area contributed by atoms with Gasteiger partial charge in [-0.1, -0.05) is 11.6 Å². The van der Waals surface area contributed by atoms with Gasteiger partial charge in [0.2, 0.25) is 0 Å². The monoisotopic (exact) mass is 273 g/mol. The predicted molar refractivity (Wildman–Crippen MR) is 70.7 cm³/mol. The van der Waals surface area contributed by atoms with E-state index in [1.54, 1.807) is 0 Å². The first-order chi connectivity index (χ1) is 7.58. The minimum absolute atomic E-state index is 0.200. The first-order valence-corrected chi connectivity index (χ1v) is 6.82. The molecule has 0 fully saturated rings. The van der Waals surface area contributed by atoms with Crippen molar-refractivity contribution in [3.8, 4) is 0 Å². The molecule has 0 amide bonds. The molecule has 1 atom stereocenters. The van der Waals surface area contributed by atoms with E-state index in [1.807, 2.05) is 11.3 Å². The van der Waals surface area contributed by atoms with Crippen LogP contribution in [0.1, 0.15) is 28.3 Å². The molecule has 2 rings (SSSR count). The van der Waals surface area contributed by atoms with E-state index in [4.69, 9.17) is 11.6 Å². The highest BCUT2D eigenvalue weighted by Gasteiger charge is 2.14. The fourth-order valence-electron chi connectivity index (χ4n) is 1.63. The maximum absolute atomic E-state index is 5.89. The van der Waals surface area contributed by atoms with E-state index in [0.717, 1.165) is 11.7 Å². The molecule has 0 spiro atoms. The van der Waals surface area contributed by atoms with Crippen molar-refractivity contribution in [2.75, 3.05) is 5.32 Å². The third-order valence-electron chi connectivity index (χ3n) is 2.35. The van der Waals surface area contributed by atoms with Crippen LogP contribution in [0, 0.1) is 13.8 Å². The van der Waals surface area contributed by atoms with Gasteiger partial charge in [0.1, 0.15) is 0 Å². The van der Waals surface area contributed by atoms with Crippen LogP contribution in [0.5, 0.6) is 0 Å². The summed E-state index contributed by atoms with van der Waals surface area (Å²) in [6, 6.07) is 2.40. The van der Waals surface area contributed by atoms with Gasteiger partial charge in [-0.25, -0.2) is 0 Å². The minimum atomic E-state index is 0.200. The number of aromatic nitrogens is 2. The molecule has 0 bridgehead atoms. The van der Waals surface area contributed by atoms with Gasteiger partial charge in [-0.2, -0.15) is 8.75 Å². The molecule has 6 heteroatoms. The summed E-state index contributed by atoms with van der Waals surface area (Å²) in [7, 11) is 0. The molecule has 0 aliphatic carbocycles. The first-order valence-electron chi connectivity index (χ1n) is 4.89. The molecule has 0 saturated carbocycles. The van der Waals surface area contributed by atoms with E-state index >= 15 is 0 Å². The van der Waals surface area contributed by atoms with Crippen molar-refractivity contribution in [3.05, 3.63) is 26.5 Å². The molecule has 3 nitrogen and oxygen atoms in total. The van der Waals surface area contributed by atoms with E-state index in [-0.39, 0.29) is 6.04 Å². The fourth-order valence-corrected chi connectivity index (χ4v) is 3.31. The highest BCUT2D eigenvalue weighted by molar-refractivity contribution is 7.12. The second-order valence-corrected chi connectivity index (χ2v) is 5.99. The zero-order chi connectivity index (χ0) is 11.7. The van der Waals surface area contributed by atoms with Gasteiger partial charge in [0, 0.05) is 9.75 Å². The van der Waals surface area contributed by atoms with Gasteiger partial charge in [0.15, 0.2) is 11.0 Å². The molecule has 16 heavy (non-hydrogen) atoms. The summed E-state index contributed by atoms with van der Waals surface area (Å²) in [6.45, 7) is 6.35. The van der Waals surface area contributed by atoms with Crippen molar-refractivity contribution in [2.45, 2.75) is 26.8 Å². The maximum atomic E-state index is 5.89. The minimum Gasteiger partial charge on any atom is -0.360 e. The third kappa shape index (κ3) is 2.36. The highest BCUT2D eigenvalue weighted by Crippen LogP contribution is 2.29. The molecule has 2 aromatic heterocycles. The number of halogens is 1. The van der Waals surface area contributed by atoms with Crippen LogP contribution < -0.4 is 5.32 Å². The Bertz CT molecular complexity index is 492.